The molecular weight excluding hydrogens is 474 g/mol. The van der Waals surface area contributed by atoms with Gasteiger partial charge in [-0.15, -0.1) is 11.3 Å². The van der Waals surface area contributed by atoms with Crippen LogP contribution in [-0.2, 0) is 17.9 Å². The molecule has 5 rings (SSSR count). The first-order valence-electron chi connectivity index (χ1n) is 11.3. The van der Waals surface area contributed by atoms with Crippen molar-refractivity contribution >= 4 is 34.8 Å². The Morgan fingerprint density at radius 3 is 2.47 bits per heavy atom. The molecule has 0 saturated heterocycles. The van der Waals surface area contributed by atoms with Crippen LogP contribution in [0.2, 0.25) is 0 Å². The first-order valence-corrected chi connectivity index (χ1v) is 12.2. The number of imide groups is 1. The molecule has 0 atom stereocenters. The fraction of sp³-hybridized carbons (Fsp3) is 0.143. The van der Waals surface area contributed by atoms with Crippen LogP contribution in [0.4, 0.5) is 0 Å². The second kappa shape index (κ2) is 10.1. The number of ether oxygens (including phenoxy) is 2. The zero-order chi connectivity index (χ0) is 25.1. The summed E-state index contributed by atoms with van der Waals surface area (Å²) in [6, 6.07) is 18.0. The molecule has 0 aliphatic carbocycles. The number of carbonyl (C=O) groups is 2. The fourth-order valence-electron chi connectivity index (χ4n) is 4.03. The maximum absolute atomic E-state index is 13.5. The van der Waals surface area contributed by atoms with Crippen LogP contribution in [0.5, 0.6) is 11.5 Å². The van der Waals surface area contributed by atoms with Crippen molar-refractivity contribution in [3.8, 4) is 11.5 Å². The van der Waals surface area contributed by atoms with Gasteiger partial charge in [-0.2, -0.15) is 0 Å². The van der Waals surface area contributed by atoms with Gasteiger partial charge in [-0.25, -0.2) is 4.98 Å². The van der Waals surface area contributed by atoms with Crippen LogP contribution in [0.25, 0.3) is 11.6 Å². The van der Waals surface area contributed by atoms with Crippen molar-refractivity contribution < 1.29 is 19.1 Å². The number of hydrogen-bond acceptors (Lipinski definition) is 7. The van der Waals surface area contributed by atoms with Crippen molar-refractivity contribution in [1.29, 1.82) is 0 Å². The molecule has 8 heteroatoms. The van der Waals surface area contributed by atoms with Crippen molar-refractivity contribution in [2.24, 2.45) is 0 Å². The summed E-state index contributed by atoms with van der Waals surface area (Å²) in [7, 11) is 1.57. The molecule has 0 bridgehead atoms. The third kappa shape index (κ3) is 4.76. The Bertz CT molecular complexity index is 1460. The molecule has 0 saturated carbocycles. The number of fused-ring (bicyclic) bond motifs is 1. The number of rotatable bonds is 7. The van der Waals surface area contributed by atoms with Crippen molar-refractivity contribution in [1.82, 2.24) is 14.9 Å². The minimum atomic E-state index is -0.373. The minimum absolute atomic E-state index is 0.0936. The summed E-state index contributed by atoms with van der Waals surface area (Å²) < 4.78 is 11.5. The number of pyridine rings is 1. The highest BCUT2D eigenvalue weighted by molar-refractivity contribution is 7.09. The summed E-state index contributed by atoms with van der Waals surface area (Å²) in [5, 5.41) is 2.95. The lowest BCUT2D eigenvalue weighted by Gasteiger charge is -2.28. The molecule has 2 amide bonds. The quantitative estimate of drug-likeness (QED) is 0.259. The number of aryl methyl sites for hydroxylation is 1. The van der Waals surface area contributed by atoms with E-state index in [-0.39, 0.29) is 18.4 Å². The van der Waals surface area contributed by atoms with Gasteiger partial charge < -0.3 is 9.47 Å². The topological polar surface area (TPSA) is 81.6 Å². The highest BCUT2D eigenvalue weighted by Gasteiger charge is 2.34. The number of amides is 2. The molecule has 0 N–H and O–H groups in total. The highest BCUT2D eigenvalue weighted by atomic mass is 32.1. The van der Waals surface area contributed by atoms with Crippen molar-refractivity contribution in [3.63, 3.8) is 0 Å². The average molecular weight is 498 g/mol. The number of methoxy groups -OCH3 is 1. The normalized spacial score (nSPS) is 14.2. The van der Waals surface area contributed by atoms with E-state index in [1.54, 1.807) is 67.1 Å². The maximum atomic E-state index is 13.5. The number of benzene rings is 2. The van der Waals surface area contributed by atoms with E-state index >= 15 is 0 Å². The van der Waals surface area contributed by atoms with Gasteiger partial charge in [0.15, 0.2) is 11.5 Å². The molecule has 180 valence electrons. The molecule has 0 radical (unpaired) electrons. The van der Waals surface area contributed by atoms with Gasteiger partial charge >= 0.3 is 0 Å². The molecular formula is C28H23N3O4S. The van der Waals surface area contributed by atoms with E-state index in [0.717, 1.165) is 16.3 Å². The van der Waals surface area contributed by atoms with E-state index in [4.69, 9.17) is 9.47 Å². The summed E-state index contributed by atoms with van der Waals surface area (Å²) in [6.07, 6.45) is 3.42. The lowest BCUT2D eigenvalue weighted by molar-refractivity contribution is -0.123. The predicted octanol–water partition coefficient (Wildman–Crippen LogP) is 5.16. The molecule has 2 aromatic heterocycles. The summed E-state index contributed by atoms with van der Waals surface area (Å²) >= 11 is 1.57. The number of hydrogen-bond donors (Lipinski definition) is 0. The molecule has 36 heavy (non-hydrogen) atoms. The maximum Gasteiger partial charge on any atom is 0.261 e. The number of aromatic nitrogens is 2. The number of nitrogens with zero attached hydrogens (tertiary/aromatic N) is 3. The Labute approximate surface area is 212 Å². The van der Waals surface area contributed by atoms with Crippen LogP contribution < -0.4 is 9.47 Å². The fourth-order valence-corrected chi connectivity index (χ4v) is 4.62. The third-order valence-corrected chi connectivity index (χ3v) is 6.58. The Balaban J connectivity index is 1.47. The van der Waals surface area contributed by atoms with E-state index in [9.17, 15) is 9.59 Å². The number of carbonyl (C=O) groups excluding carboxylic acids is 2. The van der Waals surface area contributed by atoms with Crippen LogP contribution in [-0.4, -0.2) is 33.8 Å². The Kier molecular flexibility index (Phi) is 6.60. The van der Waals surface area contributed by atoms with Gasteiger partial charge in [0.25, 0.3) is 11.8 Å². The van der Waals surface area contributed by atoms with E-state index < -0.39 is 0 Å². The van der Waals surface area contributed by atoms with E-state index in [0.29, 0.717) is 40.5 Å². The van der Waals surface area contributed by atoms with Gasteiger partial charge in [-0.1, -0.05) is 30.3 Å². The van der Waals surface area contributed by atoms with Crippen LogP contribution >= 0.6 is 11.3 Å². The Hall–Kier alpha value is -4.30. The van der Waals surface area contributed by atoms with E-state index in [1.807, 2.05) is 36.6 Å². The van der Waals surface area contributed by atoms with E-state index in [2.05, 4.69) is 9.97 Å². The molecule has 2 aromatic carbocycles. The SMILES string of the molecule is COc1cc(C=C2C(=O)N(Cc3ccccn3)C(=O)c3ccccc32)ccc1OCc1csc(C)n1. The van der Waals surface area contributed by atoms with Crippen LogP contribution in [0.15, 0.2) is 72.2 Å². The van der Waals surface area contributed by atoms with Crippen molar-refractivity contribution in [2.75, 3.05) is 7.11 Å². The molecule has 0 fully saturated rings. The molecule has 1 aliphatic rings. The van der Waals surface area contributed by atoms with Gasteiger partial charge in [-0.05, 0) is 54.5 Å². The average Bonchev–Trinajstić information content (AvgIpc) is 3.33. The summed E-state index contributed by atoms with van der Waals surface area (Å²) in [5.41, 5.74) is 3.74. The van der Waals surface area contributed by atoms with Crippen LogP contribution in [0, 0.1) is 6.92 Å². The standard InChI is InChI=1S/C28H23N3O4S/c1-18-30-21(17-36-18)16-35-25-11-10-19(14-26(25)34-2)13-24-22-8-3-4-9-23(22)27(32)31(28(24)33)15-20-7-5-6-12-29-20/h3-14,17H,15-16H2,1-2H3. The zero-order valence-electron chi connectivity index (χ0n) is 19.8. The van der Waals surface area contributed by atoms with Crippen LogP contribution in [0.3, 0.4) is 0 Å². The second-order valence-electron chi connectivity index (χ2n) is 8.18. The zero-order valence-corrected chi connectivity index (χ0v) is 20.6. The van der Waals surface area contributed by atoms with Gasteiger partial charge in [0, 0.05) is 22.7 Å². The molecule has 1 aliphatic heterocycles. The molecule has 4 aromatic rings. The molecule has 7 nitrogen and oxygen atoms in total. The lowest BCUT2D eigenvalue weighted by Crippen LogP contribution is -2.41. The smallest absolute Gasteiger partial charge is 0.261 e. The third-order valence-electron chi connectivity index (χ3n) is 5.76. The van der Waals surface area contributed by atoms with Crippen LogP contribution in [0.1, 0.15) is 37.9 Å². The Morgan fingerprint density at radius 1 is 0.944 bits per heavy atom. The number of thiazole rings is 1. The van der Waals surface area contributed by atoms with Gasteiger partial charge in [0.2, 0.25) is 0 Å². The first-order chi connectivity index (χ1) is 17.5. The van der Waals surface area contributed by atoms with E-state index in [1.165, 1.54) is 4.90 Å². The predicted molar refractivity (Wildman–Crippen MR) is 138 cm³/mol. The molecule has 3 heterocycles. The first kappa shape index (κ1) is 23.4. The van der Waals surface area contributed by atoms with Crippen molar-refractivity contribution in [2.45, 2.75) is 20.1 Å². The highest BCUT2D eigenvalue weighted by Crippen LogP contribution is 2.34. The second-order valence-corrected chi connectivity index (χ2v) is 9.24. The summed E-state index contributed by atoms with van der Waals surface area (Å²) in [6.45, 7) is 2.38. The lowest BCUT2D eigenvalue weighted by atomic mass is 9.92. The molecule has 0 unspecified atom stereocenters. The summed E-state index contributed by atoms with van der Waals surface area (Å²) in [4.78, 5) is 36.6. The van der Waals surface area contributed by atoms with Gasteiger partial charge in [0.05, 0.1) is 30.1 Å². The largest absolute Gasteiger partial charge is 0.493 e. The minimum Gasteiger partial charge on any atom is -0.493 e. The Morgan fingerprint density at radius 2 is 1.75 bits per heavy atom. The molecule has 0 spiro atoms. The monoisotopic (exact) mass is 497 g/mol. The van der Waals surface area contributed by atoms with Crippen molar-refractivity contribution in [3.05, 3.63) is 105 Å². The summed E-state index contributed by atoms with van der Waals surface area (Å²) in [5.74, 6) is 0.404. The van der Waals surface area contributed by atoms with Gasteiger partial charge in [-0.3, -0.25) is 19.5 Å². The van der Waals surface area contributed by atoms with Gasteiger partial charge in [0.1, 0.15) is 6.61 Å².